The summed E-state index contributed by atoms with van der Waals surface area (Å²) in [5.74, 6) is 0. The summed E-state index contributed by atoms with van der Waals surface area (Å²) in [6.07, 6.45) is 0. The number of rotatable bonds is 8. The molecule has 0 aliphatic rings. The van der Waals surface area contributed by atoms with Crippen molar-refractivity contribution in [2.75, 3.05) is 14.2 Å². The molecule has 0 heterocycles. The third-order valence-corrected chi connectivity index (χ3v) is 13.7. The second-order valence-corrected chi connectivity index (χ2v) is 14.4. The second-order valence-electron chi connectivity index (χ2n) is 7.68. The zero-order valence-electron chi connectivity index (χ0n) is 18.5. The fraction of sp³-hybridized carbons (Fsp3) is 0.0714. The lowest BCUT2D eigenvalue weighted by Crippen LogP contribution is -2.62. The van der Waals surface area contributed by atoms with Gasteiger partial charge in [-0.15, -0.1) is 0 Å². The van der Waals surface area contributed by atoms with Crippen molar-refractivity contribution in [3.8, 4) is 0 Å². The molecular formula is C28H28O2Si2. The third kappa shape index (κ3) is 4.18. The van der Waals surface area contributed by atoms with Crippen LogP contribution in [0.15, 0.2) is 133 Å². The Morgan fingerprint density at radius 3 is 0.812 bits per heavy atom. The van der Waals surface area contributed by atoms with Crippen LogP contribution in [0.2, 0.25) is 0 Å². The van der Waals surface area contributed by atoms with E-state index in [2.05, 4.69) is 133 Å². The average molecular weight is 453 g/mol. The third-order valence-electron chi connectivity index (χ3n) is 6.01. The van der Waals surface area contributed by atoms with E-state index in [9.17, 15) is 0 Å². The number of hydrogen-bond donors (Lipinski definition) is 0. The lowest BCUT2D eigenvalue weighted by Gasteiger charge is -2.31. The molecule has 0 amide bonds. The van der Waals surface area contributed by atoms with Gasteiger partial charge in [-0.3, -0.25) is 0 Å². The van der Waals surface area contributed by atoms with Crippen LogP contribution in [0, 0.1) is 0 Å². The van der Waals surface area contributed by atoms with E-state index in [-0.39, 0.29) is 0 Å². The molecule has 4 heteroatoms. The fourth-order valence-electron chi connectivity index (χ4n) is 4.30. The smallest absolute Gasteiger partial charge is 0.280 e. The SMILES string of the molecule is CO[Si](C=C[Si](OC)(c1ccccc1)c1ccccc1)(c1ccccc1)c1ccccc1. The van der Waals surface area contributed by atoms with Gasteiger partial charge in [0.1, 0.15) is 0 Å². The molecule has 0 saturated heterocycles. The topological polar surface area (TPSA) is 18.5 Å². The molecule has 160 valence electrons. The molecule has 4 aromatic rings. The van der Waals surface area contributed by atoms with Crippen LogP contribution in [0.1, 0.15) is 0 Å². The maximum absolute atomic E-state index is 6.44. The quantitative estimate of drug-likeness (QED) is 0.381. The molecule has 0 aliphatic carbocycles. The van der Waals surface area contributed by atoms with E-state index in [0.29, 0.717) is 0 Å². The first-order valence-electron chi connectivity index (χ1n) is 10.8. The van der Waals surface area contributed by atoms with Crippen LogP contribution < -0.4 is 20.7 Å². The van der Waals surface area contributed by atoms with Gasteiger partial charge in [-0.25, -0.2) is 0 Å². The zero-order chi connectivity index (χ0) is 22.3. The Balaban J connectivity index is 1.95. The van der Waals surface area contributed by atoms with Crippen LogP contribution in [-0.2, 0) is 8.85 Å². The molecule has 0 spiro atoms. The van der Waals surface area contributed by atoms with Crippen LogP contribution in [0.5, 0.6) is 0 Å². The van der Waals surface area contributed by atoms with Crippen molar-refractivity contribution in [3.05, 3.63) is 133 Å². The van der Waals surface area contributed by atoms with Crippen molar-refractivity contribution >= 4 is 37.4 Å². The highest BCUT2D eigenvalue weighted by Crippen LogP contribution is 2.14. The van der Waals surface area contributed by atoms with Gasteiger partial charge >= 0.3 is 0 Å². The zero-order valence-corrected chi connectivity index (χ0v) is 20.5. The van der Waals surface area contributed by atoms with Gasteiger partial charge in [0.15, 0.2) is 0 Å². The minimum absolute atomic E-state index is 1.21. The Kier molecular flexibility index (Phi) is 6.97. The molecule has 0 saturated carbocycles. The first-order chi connectivity index (χ1) is 15.7. The first kappa shape index (κ1) is 22.2. The Hall–Kier alpha value is -3.03. The Labute approximate surface area is 193 Å². The number of benzene rings is 4. The van der Waals surface area contributed by atoms with E-state index in [0.717, 1.165) is 0 Å². The van der Waals surface area contributed by atoms with Gasteiger partial charge in [-0.2, -0.15) is 0 Å². The predicted molar refractivity (Wildman–Crippen MR) is 139 cm³/mol. The summed E-state index contributed by atoms with van der Waals surface area (Å²) in [6.45, 7) is 0. The second kappa shape index (κ2) is 10.1. The van der Waals surface area contributed by atoms with Gasteiger partial charge in [0.25, 0.3) is 16.6 Å². The van der Waals surface area contributed by atoms with Crippen LogP contribution >= 0.6 is 0 Å². The largest absolute Gasteiger partial charge is 0.408 e. The molecular weight excluding hydrogens is 424 g/mol. The van der Waals surface area contributed by atoms with Gasteiger partial charge in [0, 0.05) is 14.2 Å². The summed E-state index contributed by atoms with van der Waals surface area (Å²) in [4.78, 5) is 0. The van der Waals surface area contributed by atoms with Gasteiger partial charge in [0.2, 0.25) is 0 Å². The van der Waals surface area contributed by atoms with Gasteiger partial charge in [-0.05, 0) is 20.7 Å². The lowest BCUT2D eigenvalue weighted by atomic mass is 10.4. The van der Waals surface area contributed by atoms with Gasteiger partial charge in [0.05, 0.1) is 0 Å². The molecule has 0 atom stereocenters. The monoisotopic (exact) mass is 452 g/mol. The maximum atomic E-state index is 6.44. The highest BCUT2D eigenvalue weighted by molar-refractivity contribution is 7.05. The van der Waals surface area contributed by atoms with Gasteiger partial charge in [-0.1, -0.05) is 133 Å². The Morgan fingerprint density at radius 1 is 0.406 bits per heavy atom. The van der Waals surface area contributed by atoms with Crippen molar-refractivity contribution in [3.63, 3.8) is 0 Å². The lowest BCUT2D eigenvalue weighted by molar-refractivity contribution is 0.422. The summed E-state index contributed by atoms with van der Waals surface area (Å²) < 4.78 is 12.9. The van der Waals surface area contributed by atoms with E-state index in [1.54, 1.807) is 0 Å². The summed E-state index contributed by atoms with van der Waals surface area (Å²) in [6, 6.07) is 42.3. The van der Waals surface area contributed by atoms with Crippen LogP contribution in [0.25, 0.3) is 0 Å². The molecule has 0 unspecified atom stereocenters. The maximum Gasteiger partial charge on any atom is 0.280 e. The van der Waals surface area contributed by atoms with E-state index in [1.165, 1.54) is 20.7 Å². The molecule has 0 aromatic heterocycles. The van der Waals surface area contributed by atoms with Crippen molar-refractivity contribution in [2.45, 2.75) is 0 Å². The Morgan fingerprint density at radius 2 is 0.625 bits per heavy atom. The van der Waals surface area contributed by atoms with Crippen molar-refractivity contribution < 1.29 is 8.85 Å². The Bertz CT molecular complexity index is 959. The molecule has 4 aromatic carbocycles. The van der Waals surface area contributed by atoms with Crippen LogP contribution in [0.3, 0.4) is 0 Å². The van der Waals surface area contributed by atoms with E-state index in [1.807, 2.05) is 14.2 Å². The number of hydrogen-bond acceptors (Lipinski definition) is 2. The highest BCUT2D eigenvalue weighted by Gasteiger charge is 2.41. The minimum Gasteiger partial charge on any atom is -0.408 e. The highest BCUT2D eigenvalue weighted by atomic mass is 28.4. The standard InChI is InChI=1S/C28H28O2Si2/c1-29-31(25-15-7-3-8-16-25,26-17-9-4-10-18-26)23-24-32(30-2,27-19-11-5-12-20-27)28-21-13-6-14-22-28/h3-24H,1-2H3. The molecule has 0 radical (unpaired) electrons. The molecule has 32 heavy (non-hydrogen) atoms. The molecule has 0 fully saturated rings. The van der Waals surface area contributed by atoms with Crippen molar-refractivity contribution in [1.29, 1.82) is 0 Å². The average Bonchev–Trinajstić information content (AvgIpc) is 2.89. The van der Waals surface area contributed by atoms with Crippen molar-refractivity contribution in [1.82, 2.24) is 0 Å². The fourth-order valence-corrected chi connectivity index (χ4v) is 11.6. The van der Waals surface area contributed by atoms with Crippen LogP contribution in [-0.4, -0.2) is 30.9 Å². The first-order valence-corrected chi connectivity index (χ1v) is 14.7. The minimum atomic E-state index is -2.64. The predicted octanol–water partition coefficient (Wildman–Crippen LogP) is 3.43. The summed E-state index contributed by atoms with van der Waals surface area (Å²) in [5, 5.41) is 4.85. The molecule has 0 aliphatic heterocycles. The van der Waals surface area contributed by atoms with Gasteiger partial charge < -0.3 is 8.85 Å². The molecule has 0 N–H and O–H groups in total. The summed E-state index contributed by atoms with van der Waals surface area (Å²) in [7, 11) is -1.62. The summed E-state index contributed by atoms with van der Waals surface area (Å²) in [5.41, 5.74) is 4.65. The molecule has 4 rings (SSSR count). The summed E-state index contributed by atoms with van der Waals surface area (Å²) >= 11 is 0. The van der Waals surface area contributed by atoms with Crippen molar-refractivity contribution in [2.24, 2.45) is 0 Å². The van der Waals surface area contributed by atoms with E-state index in [4.69, 9.17) is 8.85 Å². The van der Waals surface area contributed by atoms with Crippen LogP contribution in [0.4, 0.5) is 0 Å². The van der Waals surface area contributed by atoms with E-state index >= 15 is 0 Å². The van der Waals surface area contributed by atoms with E-state index < -0.39 is 16.6 Å². The molecule has 0 bridgehead atoms. The molecule has 2 nitrogen and oxygen atoms in total. The normalized spacial score (nSPS) is 12.2.